The molecule has 0 saturated carbocycles. The fourth-order valence-corrected chi connectivity index (χ4v) is 1.78. The lowest BCUT2D eigenvalue weighted by molar-refractivity contribution is 0.0935. The molecule has 1 heterocycles. The van der Waals surface area contributed by atoms with Crippen LogP contribution in [0.1, 0.15) is 56.6 Å². The predicted octanol–water partition coefficient (Wildman–Crippen LogP) is 3.24. The Balaban J connectivity index is 2.83. The molecule has 0 aliphatic rings. The van der Waals surface area contributed by atoms with Crippen molar-refractivity contribution >= 4 is 11.7 Å². The minimum Gasteiger partial charge on any atom is -0.373 e. The highest BCUT2D eigenvalue weighted by Gasteiger charge is 2.17. The summed E-state index contributed by atoms with van der Waals surface area (Å²) in [7, 11) is 1.82. The third kappa shape index (κ3) is 4.83. The zero-order chi connectivity index (χ0) is 15.2. The van der Waals surface area contributed by atoms with E-state index in [2.05, 4.69) is 43.3 Å². The van der Waals surface area contributed by atoms with Gasteiger partial charge in [-0.25, -0.2) is 4.98 Å². The molecule has 0 saturated heterocycles. The molecule has 0 fully saturated rings. The number of hydrogen-bond acceptors (Lipinski definition) is 3. The molecule has 0 spiro atoms. The Morgan fingerprint density at radius 1 is 1.30 bits per heavy atom. The third-order valence-corrected chi connectivity index (χ3v) is 3.59. The Labute approximate surface area is 122 Å². The number of rotatable bonds is 7. The van der Waals surface area contributed by atoms with Gasteiger partial charge in [0.15, 0.2) is 0 Å². The van der Waals surface area contributed by atoms with Crippen LogP contribution in [0.15, 0.2) is 12.1 Å². The first kappa shape index (κ1) is 16.5. The lowest BCUT2D eigenvalue weighted by Gasteiger charge is -2.23. The SMILES string of the molecule is CCCc1cc(C(=O)NCC(C)(C)CC)cc(NC)n1. The zero-order valence-corrected chi connectivity index (χ0v) is 13.3. The lowest BCUT2D eigenvalue weighted by Crippen LogP contribution is -2.33. The van der Waals surface area contributed by atoms with E-state index in [-0.39, 0.29) is 11.3 Å². The minimum absolute atomic E-state index is 0.0252. The molecule has 0 unspecified atom stereocenters. The highest BCUT2D eigenvalue weighted by atomic mass is 16.1. The van der Waals surface area contributed by atoms with Crippen molar-refractivity contribution in [2.45, 2.75) is 47.0 Å². The maximum atomic E-state index is 12.3. The van der Waals surface area contributed by atoms with Crippen molar-refractivity contribution in [2.24, 2.45) is 5.41 Å². The first-order valence-corrected chi connectivity index (χ1v) is 7.38. The van der Waals surface area contributed by atoms with Gasteiger partial charge in [-0.15, -0.1) is 0 Å². The molecule has 2 N–H and O–H groups in total. The standard InChI is InChI=1S/C16H27N3O/c1-6-8-13-9-12(10-14(17-5)19-13)15(20)18-11-16(3,4)7-2/h9-10H,6-8,11H2,1-5H3,(H,17,19)(H,18,20). The van der Waals surface area contributed by atoms with Gasteiger partial charge in [0.05, 0.1) is 0 Å². The average molecular weight is 277 g/mol. The molecule has 1 amide bonds. The van der Waals surface area contributed by atoms with Crippen LogP contribution in [0.5, 0.6) is 0 Å². The molecule has 0 atom stereocenters. The number of hydrogen-bond donors (Lipinski definition) is 2. The smallest absolute Gasteiger partial charge is 0.251 e. The van der Waals surface area contributed by atoms with Gasteiger partial charge in [-0.05, 0) is 30.4 Å². The number of pyridine rings is 1. The summed E-state index contributed by atoms with van der Waals surface area (Å²) in [6.07, 6.45) is 2.94. The Kier molecular flexibility index (Phi) is 5.99. The molecular weight excluding hydrogens is 250 g/mol. The van der Waals surface area contributed by atoms with E-state index in [4.69, 9.17) is 0 Å². The monoisotopic (exact) mass is 277 g/mol. The zero-order valence-electron chi connectivity index (χ0n) is 13.3. The number of amides is 1. The van der Waals surface area contributed by atoms with Crippen molar-refractivity contribution in [3.63, 3.8) is 0 Å². The summed E-state index contributed by atoms with van der Waals surface area (Å²) in [6, 6.07) is 3.69. The number of anilines is 1. The second-order valence-electron chi connectivity index (χ2n) is 5.93. The van der Waals surface area contributed by atoms with Crippen molar-refractivity contribution in [3.05, 3.63) is 23.4 Å². The molecule has 0 radical (unpaired) electrons. The second kappa shape index (κ2) is 7.27. The molecular formula is C16H27N3O. The van der Waals surface area contributed by atoms with Crippen LogP contribution in [0.3, 0.4) is 0 Å². The summed E-state index contributed by atoms with van der Waals surface area (Å²) in [5.74, 6) is 0.721. The summed E-state index contributed by atoms with van der Waals surface area (Å²) >= 11 is 0. The first-order valence-electron chi connectivity index (χ1n) is 7.38. The molecule has 112 valence electrons. The van der Waals surface area contributed by atoms with Crippen LogP contribution in [0.2, 0.25) is 0 Å². The Morgan fingerprint density at radius 3 is 2.55 bits per heavy atom. The number of aromatic nitrogens is 1. The van der Waals surface area contributed by atoms with Crippen LogP contribution in [0, 0.1) is 5.41 Å². The molecule has 0 aliphatic heterocycles. The average Bonchev–Trinajstić information content (AvgIpc) is 2.44. The molecule has 0 bridgehead atoms. The molecule has 4 nitrogen and oxygen atoms in total. The van der Waals surface area contributed by atoms with Crippen LogP contribution >= 0.6 is 0 Å². The number of nitrogens with zero attached hydrogens (tertiary/aromatic N) is 1. The van der Waals surface area contributed by atoms with Crippen LogP contribution < -0.4 is 10.6 Å². The van der Waals surface area contributed by atoms with E-state index < -0.39 is 0 Å². The number of nitrogens with one attached hydrogen (secondary N) is 2. The fourth-order valence-electron chi connectivity index (χ4n) is 1.78. The molecule has 20 heavy (non-hydrogen) atoms. The van der Waals surface area contributed by atoms with Crippen LogP contribution in [-0.2, 0) is 6.42 Å². The maximum Gasteiger partial charge on any atom is 0.251 e. The van der Waals surface area contributed by atoms with E-state index in [1.54, 1.807) is 6.07 Å². The Hall–Kier alpha value is -1.58. The molecule has 4 heteroatoms. The van der Waals surface area contributed by atoms with Gasteiger partial charge in [0, 0.05) is 24.8 Å². The van der Waals surface area contributed by atoms with Crippen LogP contribution in [0.4, 0.5) is 5.82 Å². The Bertz CT molecular complexity index is 455. The third-order valence-electron chi connectivity index (χ3n) is 3.59. The number of aryl methyl sites for hydroxylation is 1. The normalized spacial score (nSPS) is 11.2. The van der Waals surface area contributed by atoms with E-state index in [9.17, 15) is 4.79 Å². The van der Waals surface area contributed by atoms with Gasteiger partial charge >= 0.3 is 0 Å². The van der Waals surface area contributed by atoms with Gasteiger partial charge in [-0.3, -0.25) is 4.79 Å². The van der Waals surface area contributed by atoms with E-state index in [0.29, 0.717) is 12.1 Å². The molecule has 1 aromatic heterocycles. The molecule has 1 rings (SSSR count). The van der Waals surface area contributed by atoms with E-state index >= 15 is 0 Å². The highest BCUT2D eigenvalue weighted by molar-refractivity contribution is 5.95. The lowest BCUT2D eigenvalue weighted by atomic mass is 9.90. The van der Waals surface area contributed by atoms with Gasteiger partial charge in [0.25, 0.3) is 5.91 Å². The van der Waals surface area contributed by atoms with E-state index in [0.717, 1.165) is 30.8 Å². The van der Waals surface area contributed by atoms with Crippen LogP contribution in [0.25, 0.3) is 0 Å². The van der Waals surface area contributed by atoms with Crippen molar-refractivity contribution < 1.29 is 4.79 Å². The Morgan fingerprint density at radius 2 is 2.00 bits per heavy atom. The largest absolute Gasteiger partial charge is 0.373 e. The molecule has 0 aliphatic carbocycles. The summed E-state index contributed by atoms with van der Waals surface area (Å²) in [5, 5.41) is 6.03. The van der Waals surface area contributed by atoms with Gasteiger partial charge in [0.2, 0.25) is 0 Å². The maximum absolute atomic E-state index is 12.3. The van der Waals surface area contributed by atoms with Crippen molar-refractivity contribution in [1.29, 1.82) is 0 Å². The predicted molar refractivity (Wildman–Crippen MR) is 84.2 cm³/mol. The summed E-state index contributed by atoms with van der Waals surface area (Å²) in [5.41, 5.74) is 1.76. The quantitative estimate of drug-likeness (QED) is 0.804. The topological polar surface area (TPSA) is 54.0 Å². The number of carbonyl (C=O) groups excluding carboxylic acids is 1. The second-order valence-corrected chi connectivity index (χ2v) is 5.93. The fraction of sp³-hybridized carbons (Fsp3) is 0.625. The van der Waals surface area contributed by atoms with Crippen molar-refractivity contribution in [2.75, 3.05) is 18.9 Å². The van der Waals surface area contributed by atoms with Crippen LogP contribution in [-0.4, -0.2) is 24.5 Å². The van der Waals surface area contributed by atoms with Gasteiger partial charge < -0.3 is 10.6 Å². The molecule has 1 aromatic rings. The number of carbonyl (C=O) groups is 1. The van der Waals surface area contributed by atoms with Crippen molar-refractivity contribution in [1.82, 2.24) is 10.3 Å². The highest BCUT2D eigenvalue weighted by Crippen LogP contribution is 2.18. The minimum atomic E-state index is -0.0252. The van der Waals surface area contributed by atoms with Crippen molar-refractivity contribution in [3.8, 4) is 0 Å². The van der Waals surface area contributed by atoms with Gasteiger partial charge in [-0.2, -0.15) is 0 Å². The van der Waals surface area contributed by atoms with E-state index in [1.807, 2.05) is 13.1 Å². The summed E-state index contributed by atoms with van der Waals surface area (Å²) < 4.78 is 0. The molecule has 0 aromatic carbocycles. The summed E-state index contributed by atoms with van der Waals surface area (Å²) in [4.78, 5) is 16.7. The van der Waals surface area contributed by atoms with Gasteiger partial charge in [0.1, 0.15) is 5.82 Å². The summed E-state index contributed by atoms with van der Waals surface area (Å²) in [6.45, 7) is 9.24. The van der Waals surface area contributed by atoms with E-state index in [1.165, 1.54) is 0 Å². The van der Waals surface area contributed by atoms with Gasteiger partial charge in [-0.1, -0.05) is 34.1 Å². The first-order chi connectivity index (χ1) is 9.41.